The molecule has 2 aromatic carbocycles. The van der Waals surface area contributed by atoms with Crippen LogP contribution in [0, 0.1) is 0 Å². The van der Waals surface area contributed by atoms with Crippen molar-refractivity contribution in [1.29, 1.82) is 0 Å². The van der Waals surface area contributed by atoms with Crippen molar-refractivity contribution >= 4 is 56.1 Å². The van der Waals surface area contributed by atoms with Crippen LogP contribution in [0.15, 0.2) is 40.9 Å². The number of nitrogen functional groups attached to an aromatic ring is 1. The second-order valence-electron chi connectivity index (χ2n) is 4.04. The van der Waals surface area contributed by atoms with Crippen LogP contribution < -0.4 is 5.73 Å². The largest absolute Gasteiger partial charge is 0.369 e. The lowest BCUT2D eigenvalue weighted by molar-refractivity contribution is 1.11. The van der Waals surface area contributed by atoms with Crippen LogP contribution in [0.2, 0.25) is 10.0 Å². The average Bonchev–Trinajstić information content (AvgIpc) is 2.68. The lowest BCUT2D eigenvalue weighted by Crippen LogP contribution is -2.00. The summed E-state index contributed by atoms with van der Waals surface area (Å²) in [5.41, 5.74) is 8.52. The zero-order chi connectivity index (χ0) is 13.6. The highest BCUT2D eigenvalue weighted by Crippen LogP contribution is 2.29. The van der Waals surface area contributed by atoms with Gasteiger partial charge in [0.25, 0.3) is 0 Å². The van der Waals surface area contributed by atoms with Crippen LogP contribution in [0.4, 0.5) is 5.95 Å². The van der Waals surface area contributed by atoms with Gasteiger partial charge in [-0.2, -0.15) is 0 Å². The molecule has 1 heterocycles. The van der Waals surface area contributed by atoms with E-state index in [2.05, 4.69) is 20.9 Å². The van der Waals surface area contributed by atoms with Gasteiger partial charge in [-0.05, 0) is 52.3 Å². The number of hydrogen-bond donors (Lipinski definition) is 1. The standard InChI is InChI=1S/C13H8BrCl2N3/c14-9-6-8(2-3-10(9)16)19-12-5-7(15)1-4-11(12)18-13(19)17/h1-6H,(H2,17,18). The van der Waals surface area contributed by atoms with Crippen molar-refractivity contribution < 1.29 is 0 Å². The second-order valence-corrected chi connectivity index (χ2v) is 5.73. The number of nitrogens with two attached hydrogens (primary N) is 1. The summed E-state index contributed by atoms with van der Waals surface area (Å²) in [6.45, 7) is 0. The summed E-state index contributed by atoms with van der Waals surface area (Å²) in [4.78, 5) is 4.32. The zero-order valence-corrected chi connectivity index (χ0v) is 12.7. The molecule has 96 valence electrons. The molecule has 1 aromatic heterocycles. The molecular weight excluding hydrogens is 349 g/mol. The predicted molar refractivity (Wildman–Crippen MR) is 83.2 cm³/mol. The van der Waals surface area contributed by atoms with Crippen molar-refractivity contribution in [3.8, 4) is 5.69 Å². The van der Waals surface area contributed by atoms with Gasteiger partial charge in [-0.25, -0.2) is 4.98 Å². The van der Waals surface area contributed by atoms with Crippen molar-refractivity contribution in [1.82, 2.24) is 9.55 Å². The molecule has 0 radical (unpaired) electrons. The molecule has 0 fully saturated rings. The Morgan fingerprint density at radius 2 is 1.89 bits per heavy atom. The first kappa shape index (κ1) is 12.8. The van der Waals surface area contributed by atoms with Gasteiger partial charge in [-0.15, -0.1) is 0 Å². The normalized spacial score (nSPS) is 11.1. The molecule has 0 aliphatic rings. The summed E-state index contributed by atoms with van der Waals surface area (Å²) >= 11 is 15.4. The first-order chi connectivity index (χ1) is 9.06. The van der Waals surface area contributed by atoms with Crippen LogP contribution in [0.1, 0.15) is 0 Å². The first-order valence-electron chi connectivity index (χ1n) is 5.45. The molecule has 0 spiro atoms. The van der Waals surface area contributed by atoms with Crippen molar-refractivity contribution in [2.45, 2.75) is 0 Å². The van der Waals surface area contributed by atoms with Crippen LogP contribution >= 0.6 is 39.1 Å². The molecule has 3 nitrogen and oxygen atoms in total. The molecule has 0 amide bonds. The smallest absolute Gasteiger partial charge is 0.205 e. The number of benzene rings is 2. The number of halogens is 3. The Hall–Kier alpha value is -1.23. The van der Waals surface area contributed by atoms with Gasteiger partial charge >= 0.3 is 0 Å². The molecule has 0 aliphatic heterocycles. The fraction of sp³-hybridized carbons (Fsp3) is 0. The highest BCUT2D eigenvalue weighted by atomic mass is 79.9. The number of anilines is 1. The molecule has 0 unspecified atom stereocenters. The molecule has 0 atom stereocenters. The van der Waals surface area contributed by atoms with Crippen LogP contribution in [-0.4, -0.2) is 9.55 Å². The van der Waals surface area contributed by atoms with Crippen molar-refractivity contribution in [3.05, 3.63) is 50.9 Å². The zero-order valence-electron chi connectivity index (χ0n) is 9.57. The molecule has 0 aliphatic carbocycles. The van der Waals surface area contributed by atoms with E-state index in [0.29, 0.717) is 16.0 Å². The topological polar surface area (TPSA) is 43.8 Å². The highest BCUT2D eigenvalue weighted by Gasteiger charge is 2.11. The molecule has 6 heteroatoms. The van der Waals surface area contributed by atoms with E-state index in [9.17, 15) is 0 Å². The Balaban J connectivity index is 2.31. The van der Waals surface area contributed by atoms with Crippen LogP contribution in [0.5, 0.6) is 0 Å². The summed E-state index contributed by atoms with van der Waals surface area (Å²) in [6.07, 6.45) is 0. The first-order valence-corrected chi connectivity index (χ1v) is 7.00. The van der Waals surface area contributed by atoms with Crippen LogP contribution in [0.3, 0.4) is 0 Å². The molecule has 0 bridgehead atoms. The molecular formula is C13H8BrCl2N3. The second kappa shape index (κ2) is 4.71. The molecule has 2 N–H and O–H groups in total. The minimum atomic E-state index is 0.409. The lowest BCUT2D eigenvalue weighted by Gasteiger charge is -2.08. The van der Waals surface area contributed by atoms with Crippen molar-refractivity contribution in [3.63, 3.8) is 0 Å². The summed E-state index contributed by atoms with van der Waals surface area (Å²) in [5.74, 6) is 0.409. The number of rotatable bonds is 1. The summed E-state index contributed by atoms with van der Waals surface area (Å²) in [6, 6.07) is 11.0. The third-order valence-electron chi connectivity index (χ3n) is 2.80. The van der Waals surface area contributed by atoms with Gasteiger partial charge < -0.3 is 5.73 Å². The Morgan fingerprint density at radius 3 is 2.63 bits per heavy atom. The number of imidazole rings is 1. The van der Waals surface area contributed by atoms with Crippen LogP contribution in [0.25, 0.3) is 16.7 Å². The van der Waals surface area contributed by atoms with E-state index in [4.69, 9.17) is 28.9 Å². The van der Waals surface area contributed by atoms with Gasteiger partial charge in [0.1, 0.15) is 0 Å². The van der Waals surface area contributed by atoms with Gasteiger partial charge in [0.15, 0.2) is 0 Å². The monoisotopic (exact) mass is 355 g/mol. The van der Waals surface area contributed by atoms with Gasteiger partial charge in [0.05, 0.1) is 21.7 Å². The number of hydrogen-bond acceptors (Lipinski definition) is 2. The third kappa shape index (κ3) is 2.20. The Labute approximate surface area is 128 Å². The average molecular weight is 357 g/mol. The fourth-order valence-corrected chi connectivity index (χ4v) is 2.61. The maximum atomic E-state index is 6.03. The van der Waals surface area contributed by atoms with E-state index in [0.717, 1.165) is 21.2 Å². The van der Waals surface area contributed by atoms with Gasteiger partial charge in [-0.3, -0.25) is 4.57 Å². The molecule has 3 aromatic rings. The number of fused-ring (bicyclic) bond motifs is 1. The molecule has 0 saturated carbocycles. The number of aromatic nitrogens is 2. The van der Waals surface area contributed by atoms with E-state index in [1.54, 1.807) is 12.1 Å². The minimum absolute atomic E-state index is 0.409. The highest BCUT2D eigenvalue weighted by molar-refractivity contribution is 9.10. The minimum Gasteiger partial charge on any atom is -0.369 e. The Morgan fingerprint density at radius 1 is 1.11 bits per heavy atom. The lowest BCUT2D eigenvalue weighted by atomic mass is 10.3. The van der Waals surface area contributed by atoms with Crippen molar-refractivity contribution in [2.24, 2.45) is 0 Å². The molecule has 3 rings (SSSR count). The van der Waals surface area contributed by atoms with Gasteiger partial charge in [-0.1, -0.05) is 23.2 Å². The number of nitrogens with zero attached hydrogens (tertiary/aromatic N) is 2. The summed E-state index contributed by atoms with van der Waals surface area (Å²) in [5, 5.41) is 1.28. The van der Waals surface area contributed by atoms with Crippen LogP contribution in [-0.2, 0) is 0 Å². The maximum Gasteiger partial charge on any atom is 0.205 e. The fourth-order valence-electron chi connectivity index (χ4n) is 1.96. The summed E-state index contributed by atoms with van der Waals surface area (Å²) in [7, 11) is 0. The third-order valence-corrected chi connectivity index (χ3v) is 4.25. The molecule has 0 saturated heterocycles. The summed E-state index contributed by atoms with van der Waals surface area (Å²) < 4.78 is 2.64. The maximum absolute atomic E-state index is 6.03. The van der Waals surface area contributed by atoms with Crippen molar-refractivity contribution in [2.75, 3.05) is 5.73 Å². The van der Waals surface area contributed by atoms with E-state index >= 15 is 0 Å². The van der Waals surface area contributed by atoms with E-state index in [1.807, 2.05) is 28.8 Å². The van der Waals surface area contributed by atoms with E-state index in [-0.39, 0.29) is 0 Å². The predicted octanol–water partition coefficient (Wildman–Crippen LogP) is 4.68. The Kier molecular flexibility index (Phi) is 3.17. The molecule has 19 heavy (non-hydrogen) atoms. The van der Waals surface area contributed by atoms with Gasteiger partial charge in [0.2, 0.25) is 5.95 Å². The van der Waals surface area contributed by atoms with E-state index < -0.39 is 0 Å². The quantitative estimate of drug-likeness (QED) is 0.688. The van der Waals surface area contributed by atoms with Gasteiger partial charge in [0, 0.05) is 9.50 Å². The SMILES string of the molecule is Nc1nc2ccc(Cl)cc2n1-c1ccc(Cl)c(Br)c1. The Bertz CT molecular complexity index is 783. The van der Waals surface area contributed by atoms with E-state index in [1.165, 1.54) is 0 Å².